The van der Waals surface area contributed by atoms with Crippen molar-refractivity contribution in [3.63, 3.8) is 0 Å². The Balaban J connectivity index is 1.03. The molecule has 1 N–H and O–H groups in total. The van der Waals surface area contributed by atoms with Gasteiger partial charge in [-0.3, -0.25) is 52.8 Å². The predicted molar refractivity (Wildman–Crippen MR) is 405 cm³/mol. The van der Waals surface area contributed by atoms with Crippen molar-refractivity contribution in [3.05, 3.63) is 35.4 Å². The number of imide groups is 1. The van der Waals surface area contributed by atoms with Crippen LogP contribution in [0.2, 0.25) is 0 Å². The highest BCUT2D eigenvalue weighted by Gasteiger charge is 2.63. The highest BCUT2D eigenvalue weighted by molar-refractivity contribution is 6.21. The van der Waals surface area contributed by atoms with E-state index in [-0.39, 0.29) is 37.6 Å². The van der Waals surface area contributed by atoms with Crippen LogP contribution in [-0.4, -0.2) is 423 Å². The van der Waals surface area contributed by atoms with Crippen LogP contribution in [-0.2, 0) is 199 Å². The van der Waals surface area contributed by atoms with Gasteiger partial charge in [0.25, 0.3) is 11.8 Å². The fourth-order valence-electron chi connectivity index (χ4n) is 16.6. The Kier molecular flexibility index (Phi) is 38.7. The summed E-state index contributed by atoms with van der Waals surface area (Å²) in [6, 6.07) is 5.99. The molecule has 8 aliphatic rings. The molecule has 0 spiro atoms. The highest BCUT2D eigenvalue weighted by Crippen LogP contribution is 2.44. The molecule has 46 heteroatoms. The summed E-state index contributed by atoms with van der Waals surface area (Å²) < 4.78 is 211. The quantitative estimate of drug-likeness (QED) is 0.0425. The second-order valence-electron chi connectivity index (χ2n) is 29.8. The van der Waals surface area contributed by atoms with E-state index in [1.54, 1.807) is 12.1 Å². The number of aliphatic hydroxyl groups excluding tert-OH is 1. The van der Waals surface area contributed by atoms with Gasteiger partial charge in [-0.2, -0.15) is 0 Å². The van der Waals surface area contributed by atoms with Gasteiger partial charge in [-0.15, -0.1) is 0 Å². The zero-order chi connectivity index (χ0) is 91.5. The molecule has 46 nitrogen and oxygen atoms in total. The van der Waals surface area contributed by atoms with E-state index in [9.17, 15) is 53.1 Å². The second-order valence-corrected chi connectivity index (χ2v) is 29.8. The average Bonchev–Trinajstić information content (AvgIpc) is 1.64. The fraction of sp³-hybridized carbons (Fsp3) is 0.797. The molecule has 0 aromatic heterocycles. The maximum Gasteiger partial charge on any atom is 0.303 e. The van der Waals surface area contributed by atoms with E-state index < -0.39 is 294 Å². The van der Waals surface area contributed by atoms with E-state index in [1.807, 2.05) is 0 Å². The van der Waals surface area contributed by atoms with Crippen molar-refractivity contribution in [2.45, 2.75) is 270 Å². The number of carbonyl (C=O) groups excluding carboxylic acids is 10. The molecule has 14 unspecified atom stereocenters. The third kappa shape index (κ3) is 24.4. The largest absolute Gasteiger partial charge is 0.463 e. The molecule has 8 aliphatic heterocycles. The molecule has 1 aromatic carbocycles. The molecule has 125 heavy (non-hydrogen) atoms. The standard InChI is InChI=1S/C79H117NO45/c1-33(81)105-30-47-54(57(95-12)64(100-17)73(91)113-47)124-77-68(104-21)61(99-16)53(46(117-77)29-94-11)123-76-67(103-20)60(98-15)52(45(116-76)28-93-10)122-75-66(102-19)59(97-14)51(44(115-75)27-92-9)121-74-65(101-18)58(96-13)50(43(114-74)26-80-71(89)41-24-22-23-25-42(41)72(80)90)120-78-70(112-40(8)88)63(110-38(6)86)56(49(119-78)32-107-35(3)83)125-79-69(111-39(7)87)62(109-37(5)85)55(108-36(4)84)48(118-79)31-106-34(2)82/h22-25,43-70,73-79,91H,26-32H2,1-21H3/t43?,44?,45-,46-,47?,48-,49-,50+,51+,52+,53+,54+,55+,56+,57-,58-,59-,60?,61?,62?,63?,64?,65?,66?,67?,68?,69?,70?,73+,74+,75-,76-,77-,78-,79+/m0/s1. The third-order valence-electron chi connectivity index (χ3n) is 21.7. The Morgan fingerprint density at radius 2 is 0.496 bits per heavy atom. The number of esters is 8. The molecule has 9 rings (SSSR count). The molecular weight excluding hydrogens is 1680 g/mol. The van der Waals surface area contributed by atoms with Gasteiger partial charge in [0.1, 0.15) is 160 Å². The first-order valence-electron chi connectivity index (χ1n) is 39.9. The maximum absolute atomic E-state index is 14.6. The third-order valence-corrected chi connectivity index (χ3v) is 21.7. The van der Waals surface area contributed by atoms with Crippen LogP contribution in [0.3, 0.4) is 0 Å². The van der Waals surface area contributed by atoms with Gasteiger partial charge in [-0.1, -0.05) is 12.1 Å². The van der Waals surface area contributed by atoms with Gasteiger partial charge >= 0.3 is 47.8 Å². The first kappa shape index (κ1) is 102. The van der Waals surface area contributed by atoms with Gasteiger partial charge in [0, 0.05) is 148 Å². The van der Waals surface area contributed by atoms with Gasteiger partial charge in [0.2, 0.25) is 0 Å². The van der Waals surface area contributed by atoms with Crippen LogP contribution in [0.4, 0.5) is 0 Å². The first-order valence-corrected chi connectivity index (χ1v) is 39.9. The lowest BCUT2D eigenvalue weighted by atomic mass is 9.94. The average molecular weight is 1800 g/mol. The van der Waals surface area contributed by atoms with Crippen LogP contribution in [0.5, 0.6) is 0 Å². The van der Waals surface area contributed by atoms with Crippen molar-refractivity contribution in [2.75, 3.05) is 139 Å². The normalized spacial score (nSPS) is 37.8. The van der Waals surface area contributed by atoms with Crippen molar-refractivity contribution in [1.82, 2.24) is 4.90 Å². The predicted octanol–water partition coefficient (Wildman–Crippen LogP) is -1.90. The van der Waals surface area contributed by atoms with E-state index in [0.29, 0.717) is 0 Å². The molecular formula is C79H117NO45. The van der Waals surface area contributed by atoms with Crippen LogP contribution in [0.15, 0.2) is 24.3 Å². The smallest absolute Gasteiger partial charge is 0.303 e. The highest BCUT2D eigenvalue weighted by atomic mass is 16.8. The number of carbonyl (C=O) groups is 10. The number of aliphatic hydroxyl groups is 1. The van der Waals surface area contributed by atoms with E-state index >= 15 is 0 Å². The van der Waals surface area contributed by atoms with Crippen LogP contribution in [0.25, 0.3) is 0 Å². The van der Waals surface area contributed by atoms with Crippen molar-refractivity contribution in [1.29, 1.82) is 0 Å². The summed E-state index contributed by atoms with van der Waals surface area (Å²) in [6.45, 7) is 4.99. The molecule has 8 heterocycles. The summed E-state index contributed by atoms with van der Waals surface area (Å²) in [4.78, 5) is 133. The number of nitrogens with zero attached hydrogens (tertiary/aromatic N) is 1. The molecule has 7 saturated heterocycles. The molecule has 0 aliphatic carbocycles. The SMILES string of the molecule is COCC1O[C@@H](O[C@H]2C(OC)C(OC)[C@H](O[C@H]3C(OC)C(OC)[C@H](O[C@@H]4C(COC(C)=O)O[C@@H](O)C(OC)[C@H]4OC)O[C@H]3COC)O[C@H]2COC)C(OC)[C@@H](OC)[C@@H]1O[C@H]1OC(CN2C(=O)c3ccccc3C2=O)[C@@H](O[C@@H]2O[C@@H](COC(C)=O)[C@@H](O[C@H]3O[C@@H](COC(C)=O)[C@@H](OC(C)=O)C(OC(C)=O)C3OC(C)=O)C(OC(C)=O)C2OC(C)=O)[C@H](OC)C1OC. The van der Waals surface area contributed by atoms with E-state index in [2.05, 4.69) is 0 Å². The summed E-state index contributed by atoms with van der Waals surface area (Å²) in [5, 5.41) is 11.0. The van der Waals surface area contributed by atoms with E-state index in [1.165, 1.54) is 111 Å². The summed E-state index contributed by atoms with van der Waals surface area (Å²) in [6.07, 6.45) is -51.1. The molecule has 35 atom stereocenters. The number of hydrogen-bond acceptors (Lipinski definition) is 45. The Morgan fingerprint density at radius 1 is 0.272 bits per heavy atom. The van der Waals surface area contributed by atoms with Gasteiger partial charge in [0.15, 0.2) is 74.6 Å². The molecule has 0 radical (unpaired) electrons. The Bertz CT molecular complexity index is 3660. The van der Waals surface area contributed by atoms with Crippen LogP contribution in [0, 0.1) is 0 Å². The van der Waals surface area contributed by atoms with Gasteiger partial charge in [-0.25, -0.2) is 0 Å². The van der Waals surface area contributed by atoms with Crippen LogP contribution in [0.1, 0.15) is 76.1 Å². The molecule has 7 fully saturated rings. The first-order chi connectivity index (χ1) is 59.7. The van der Waals surface area contributed by atoms with E-state index in [0.717, 1.165) is 53.4 Å². The van der Waals surface area contributed by atoms with Crippen LogP contribution >= 0.6 is 0 Å². The minimum absolute atomic E-state index is 0.0197. The lowest BCUT2D eigenvalue weighted by Crippen LogP contribution is -2.70. The number of hydrogen-bond donors (Lipinski definition) is 1. The second kappa shape index (κ2) is 47.6. The minimum atomic E-state index is -2.07. The van der Waals surface area contributed by atoms with Gasteiger partial charge < -0.3 is 166 Å². The lowest BCUT2D eigenvalue weighted by molar-refractivity contribution is -0.402. The monoisotopic (exact) mass is 1800 g/mol. The summed E-state index contributed by atoms with van der Waals surface area (Å²) in [7, 11) is 17.8. The Labute approximate surface area is 720 Å². The molecule has 0 saturated carbocycles. The van der Waals surface area contributed by atoms with Crippen molar-refractivity contribution >= 4 is 59.6 Å². The van der Waals surface area contributed by atoms with Crippen molar-refractivity contribution in [3.8, 4) is 0 Å². The fourth-order valence-corrected chi connectivity index (χ4v) is 16.6. The number of methoxy groups -OCH3 is 13. The van der Waals surface area contributed by atoms with Crippen molar-refractivity contribution < 1.29 is 214 Å². The summed E-state index contributed by atoms with van der Waals surface area (Å²) in [5.74, 6) is -9.09. The number of benzene rings is 1. The summed E-state index contributed by atoms with van der Waals surface area (Å²) in [5.41, 5.74) is 0.0393. The molecule has 708 valence electrons. The number of ether oxygens (including phenoxy) is 34. The van der Waals surface area contributed by atoms with Crippen molar-refractivity contribution in [2.24, 2.45) is 0 Å². The summed E-state index contributed by atoms with van der Waals surface area (Å²) >= 11 is 0. The minimum Gasteiger partial charge on any atom is -0.463 e. The maximum atomic E-state index is 14.6. The topological polar surface area (TPSA) is 508 Å². The van der Waals surface area contributed by atoms with Gasteiger partial charge in [0.05, 0.1) is 37.5 Å². The Morgan fingerprint density at radius 3 is 0.776 bits per heavy atom. The number of rotatable bonds is 41. The van der Waals surface area contributed by atoms with Crippen LogP contribution < -0.4 is 0 Å². The molecule has 2 amide bonds. The van der Waals surface area contributed by atoms with Gasteiger partial charge in [-0.05, 0) is 12.1 Å². The zero-order valence-electron chi connectivity index (χ0n) is 73.3. The van der Waals surface area contributed by atoms with E-state index in [4.69, 9.17) is 161 Å². The molecule has 1 aromatic rings. The molecule has 0 bridgehead atoms. The zero-order valence-corrected chi connectivity index (χ0v) is 73.3. The number of amides is 2. The number of fused-ring (bicyclic) bond motifs is 1. The lowest BCUT2D eigenvalue weighted by Gasteiger charge is -2.52. The Hall–Kier alpha value is -6.96.